The van der Waals surface area contributed by atoms with Crippen molar-refractivity contribution in [3.8, 4) is 0 Å². The molecule has 0 aromatic carbocycles. The molecule has 15 heavy (non-hydrogen) atoms. The van der Waals surface area contributed by atoms with Crippen molar-refractivity contribution >= 4 is 11.9 Å². The standard InChI is InChI=1S/C11H18O4/c1-4-5-8(10(12)13)9(11(14)15)6-7(2)3/h4,7-9H,1,5-6H2,2-3H3,(H,12,13)(H,14,15)/t8-,9+/m0/s1. The zero-order valence-electron chi connectivity index (χ0n) is 9.14. The zero-order valence-corrected chi connectivity index (χ0v) is 9.14. The van der Waals surface area contributed by atoms with Gasteiger partial charge in [-0.2, -0.15) is 0 Å². The second kappa shape index (κ2) is 6.22. The lowest BCUT2D eigenvalue weighted by Crippen LogP contribution is -2.30. The second-order valence-electron chi connectivity index (χ2n) is 4.04. The van der Waals surface area contributed by atoms with Gasteiger partial charge in [-0.05, 0) is 18.8 Å². The maximum Gasteiger partial charge on any atom is 0.307 e. The van der Waals surface area contributed by atoms with E-state index in [4.69, 9.17) is 10.2 Å². The van der Waals surface area contributed by atoms with Crippen LogP contribution < -0.4 is 0 Å². The fourth-order valence-corrected chi connectivity index (χ4v) is 1.56. The van der Waals surface area contributed by atoms with Crippen molar-refractivity contribution in [3.63, 3.8) is 0 Å². The Bertz CT molecular complexity index is 245. The quantitative estimate of drug-likeness (QED) is 0.636. The summed E-state index contributed by atoms with van der Waals surface area (Å²) in [6.45, 7) is 7.20. The van der Waals surface area contributed by atoms with Crippen LogP contribution in [0.4, 0.5) is 0 Å². The SMILES string of the molecule is C=CC[C@H](C(=O)O)[C@@H](CC(C)C)C(=O)O. The molecule has 0 unspecified atom stereocenters. The van der Waals surface area contributed by atoms with E-state index in [9.17, 15) is 9.59 Å². The van der Waals surface area contributed by atoms with Gasteiger partial charge < -0.3 is 10.2 Å². The number of carbonyl (C=O) groups is 2. The second-order valence-corrected chi connectivity index (χ2v) is 4.04. The highest BCUT2D eigenvalue weighted by Crippen LogP contribution is 2.24. The van der Waals surface area contributed by atoms with Gasteiger partial charge in [-0.3, -0.25) is 9.59 Å². The molecule has 0 aliphatic heterocycles. The molecule has 4 nitrogen and oxygen atoms in total. The highest BCUT2D eigenvalue weighted by Gasteiger charge is 2.32. The van der Waals surface area contributed by atoms with Crippen LogP contribution in [0.3, 0.4) is 0 Å². The van der Waals surface area contributed by atoms with Crippen molar-refractivity contribution in [1.82, 2.24) is 0 Å². The monoisotopic (exact) mass is 214 g/mol. The fourth-order valence-electron chi connectivity index (χ4n) is 1.56. The van der Waals surface area contributed by atoms with Crippen LogP contribution in [0.1, 0.15) is 26.7 Å². The first-order valence-corrected chi connectivity index (χ1v) is 4.96. The Morgan fingerprint density at radius 2 is 1.67 bits per heavy atom. The van der Waals surface area contributed by atoms with Crippen molar-refractivity contribution in [2.24, 2.45) is 17.8 Å². The summed E-state index contributed by atoms with van der Waals surface area (Å²) in [7, 11) is 0. The van der Waals surface area contributed by atoms with E-state index >= 15 is 0 Å². The molecule has 0 aliphatic carbocycles. The van der Waals surface area contributed by atoms with Gasteiger partial charge in [0.2, 0.25) is 0 Å². The van der Waals surface area contributed by atoms with Gasteiger partial charge in [0.1, 0.15) is 0 Å². The van der Waals surface area contributed by atoms with Gasteiger partial charge >= 0.3 is 11.9 Å². The van der Waals surface area contributed by atoms with Gasteiger partial charge in [-0.25, -0.2) is 0 Å². The summed E-state index contributed by atoms with van der Waals surface area (Å²) in [6, 6.07) is 0. The molecule has 0 amide bonds. The van der Waals surface area contributed by atoms with Crippen LogP contribution in [-0.2, 0) is 9.59 Å². The molecule has 0 aromatic rings. The zero-order chi connectivity index (χ0) is 12.0. The van der Waals surface area contributed by atoms with Crippen LogP contribution in [-0.4, -0.2) is 22.2 Å². The molecule has 0 rings (SSSR count). The normalized spacial score (nSPS) is 14.6. The minimum atomic E-state index is -1.07. The van der Waals surface area contributed by atoms with Gasteiger partial charge in [-0.15, -0.1) is 6.58 Å². The third-order valence-corrected chi connectivity index (χ3v) is 2.27. The predicted molar refractivity (Wildman–Crippen MR) is 56.5 cm³/mol. The average Bonchev–Trinajstić information content (AvgIpc) is 2.09. The Balaban J connectivity index is 4.74. The van der Waals surface area contributed by atoms with Crippen molar-refractivity contribution in [2.75, 3.05) is 0 Å². The lowest BCUT2D eigenvalue weighted by Gasteiger charge is -2.20. The third kappa shape index (κ3) is 4.63. The highest BCUT2D eigenvalue weighted by molar-refractivity contribution is 5.80. The van der Waals surface area contributed by atoms with Gasteiger partial charge in [0.15, 0.2) is 0 Å². The Morgan fingerprint density at radius 1 is 1.20 bits per heavy atom. The molecule has 0 fully saturated rings. The molecule has 86 valence electrons. The molecule has 0 saturated heterocycles. The summed E-state index contributed by atoms with van der Waals surface area (Å²) < 4.78 is 0. The summed E-state index contributed by atoms with van der Waals surface area (Å²) in [5.41, 5.74) is 0. The van der Waals surface area contributed by atoms with Crippen molar-refractivity contribution < 1.29 is 19.8 Å². The first-order valence-electron chi connectivity index (χ1n) is 4.96. The number of rotatable bonds is 7. The number of allylic oxidation sites excluding steroid dienone is 1. The lowest BCUT2D eigenvalue weighted by atomic mass is 9.83. The largest absolute Gasteiger partial charge is 0.481 e. The summed E-state index contributed by atoms with van der Waals surface area (Å²) in [6.07, 6.45) is 2.02. The summed E-state index contributed by atoms with van der Waals surface area (Å²) in [5, 5.41) is 17.9. The van der Waals surface area contributed by atoms with Gasteiger partial charge in [-0.1, -0.05) is 19.9 Å². The summed E-state index contributed by atoms with van der Waals surface area (Å²) in [5.74, 6) is -3.65. The molecule has 4 heteroatoms. The first kappa shape index (κ1) is 13.7. The molecule has 0 radical (unpaired) electrons. The number of carboxylic acids is 2. The number of hydrogen-bond donors (Lipinski definition) is 2. The molecule has 0 aliphatic rings. The highest BCUT2D eigenvalue weighted by atomic mass is 16.4. The Hall–Kier alpha value is -1.32. The predicted octanol–water partition coefficient (Wildman–Crippen LogP) is 2.01. The Kier molecular flexibility index (Phi) is 5.67. The summed E-state index contributed by atoms with van der Waals surface area (Å²) in [4.78, 5) is 21.9. The maximum absolute atomic E-state index is 11.0. The van der Waals surface area contributed by atoms with Gasteiger partial charge in [0.05, 0.1) is 11.8 Å². The van der Waals surface area contributed by atoms with Crippen LogP contribution in [0.5, 0.6) is 0 Å². The summed E-state index contributed by atoms with van der Waals surface area (Å²) >= 11 is 0. The number of carboxylic acid groups (broad SMARTS) is 2. The van der Waals surface area contributed by atoms with Crippen molar-refractivity contribution in [1.29, 1.82) is 0 Å². The molecule has 0 saturated carbocycles. The molecule has 0 heterocycles. The van der Waals surface area contributed by atoms with Gasteiger partial charge in [0, 0.05) is 0 Å². The molecule has 2 N–H and O–H groups in total. The molecular formula is C11H18O4. The molecule has 0 bridgehead atoms. The van der Waals surface area contributed by atoms with E-state index in [0.29, 0.717) is 6.42 Å². The number of aliphatic carboxylic acids is 2. The van der Waals surface area contributed by atoms with E-state index < -0.39 is 23.8 Å². The van der Waals surface area contributed by atoms with E-state index in [-0.39, 0.29) is 12.3 Å². The van der Waals surface area contributed by atoms with Gasteiger partial charge in [0.25, 0.3) is 0 Å². The minimum Gasteiger partial charge on any atom is -0.481 e. The van der Waals surface area contributed by atoms with Crippen LogP contribution in [0.2, 0.25) is 0 Å². The van der Waals surface area contributed by atoms with Crippen LogP contribution in [0, 0.1) is 17.8 Å². The third-order valence-electron chi connectivity index (χ3n) is 2.27. The molecular weight excluding hydrogens is 196 g/mol. The Labute approximate surface area is 89.6 Å². The van der Waals surface area contributed by atoms with E-state index in [1.807, 2.05) is 13.8 Å². The van der Waals surface area contributed by atoms with E-state index in [0.717, 1.165) is 0 Å². The Morgan fingerprint density at radius 3 is 1.93 bits per heavy atom. The smallest absolute Gasteiger partial charge is 0.307 e. The minimum absolute atomic E-state index is 0.165. The van der Waals surface area contributed by atoms with Crippen molar-refractivity contribution in [3.05, 3.63) is 12.7 Å². The van der Waals surface area contributed by atoms with E-state index in [2.05, 4.69) is 6.58 Å². The van der Waals surface area contributed by atoms with E-state index in [1.54, 1.807) is 0 Å². The first-order chi connectivity index (χ1) is 6.90. The average molecular weight is 214 g/mol. The lowest BCUT2D eigenvalue weighted by molar-refractivity contribution is -0.154. The fraction of sp³-hybridized carbons (Fsp3) is 0.636. The van der Waals surface area contributed by atoms with Crippen LogP contribution in [0.25, 0.3) is 0 Å². The molecule has 0 aromatic heterocycles. The van der Waals surface area contributed by atoms with Crippen LogP contribution >= 0.6 is 0 Å². The maximum atomic E-state index is 11.0. The van der Waals surface area contributed by atoms with E-state index in [1.165, 1.54) is 6.08 Å². The number of hydrogen-bond acceptors (Lipinski definition) is 2. The van der Waals surface area contributed by atoms with Crippen molar-refractivity contribution in [2.45, 2.75) is 26.7 Å². The molecule has 0 spiro atoms. The molecule has 2 atom stereocenters. The topological polar surface area (TPSA) is 74.6 Å². The van der Waals surface area contributed by atoms with Crippen LogP contribution in [0.15, 0.2) is 12.7 Å².